The molecule has 0 aromatic heterocycles. The van der Waals surface area contributed by atoms with Crippen molar-refractivity contribution in [3.63, 3.8) is 0 Å². The van der Waals surface area contributed by atoms with E-state index in [-0.39, 0.29) is 0 Å². The van der Waals surface area contributed by atoms with Crippen LogP contribution in [0, 0.1) is 0 Å². The van der Waals surface area contributed by atoms with Crippen LogP contribution in [0.4, 0.5) is 0 Å². The predicted octanol–water partition coefficient (Wildman–Crippen LogP) is 4.34. The minimum Gasteiger partial charge on any atom is -0.306 e. The molecule has 0 amide bonds. The van der Waals surface area contributed by atoms with E-state index >= 15 is 0 Å². The van der Waals surface area contributed by atoms with E-state index in [0.29, 0.717) is 6.04 Å². The van der Waals surface area contributed by atoms with E-state index in [4.69, 9.17) is 0 Å². The molecule has 0 bridgehead atoms. The van der Waals surface area contributed by atoms with Crippen LogP contribution >= 0.6 is 0 Å². The second kappa shape index (κ2) is 5.06. The zero-order valence-electron chi connectivity index (χ0n) is 11.8. The Labute approximate surface area is 121 Å². The Morgan fingerprint density at radius 3 is 2.55 bits per heavy atom. The summed E-state index contributed by atoms with van der Waals surface area (Å²) in [5, 5.41) is 3.70. The van der Waals surface area contributed by atoms with Crippen LogP contribution in [0.15, 0.2) is 48.5 Å². The molecule has 0 spiro atoms. The fraction of sp³-hybridized carbons (Fsp3) is 0.368. The normalized spacial score (nSPS) is 24.2. The molecule has 0 radical (unpaired) electrons. The van der Waals surface area contributed by atoms with Crippen molar-refractivity contribution in [1.82, 2.24) is 5.32 Å². The number of aryl methyl sites for hydroxylation is 1. The summed E-state index contributed by atoms with van der Waals surface area (Å²) in [4.78, 5) is 0. The Hall–Kier alpha value is -1.60. The van der Waals surface area contributed by atoms with Crippen LogP contribution in [0.3, 0.4) is 0 Å². The molecule has 1 N–H and O–H groups in total. The lowest BCUT2D eigenvalue weighted by Crippen LogP contribution is -2.18. The molecule has 0 saturated carbocycles. The third kappa shape index (κ3) is 2.06. The molecule has 1 nitrogen and oxygen atoms in total. The molecule has 2 aromatic carbocycles. The molecule has 2 aromatic rings. The zero-order chi connectivity index (χ0) is 13.4. The first-order valence-electron chi connectivity index (χ1n) is 7.81. The van der Waals surface area contributed by atoms with Gasteiger partial charge in [0.25, 0.3) is 0 Å². The fourth-order valence-corrected chi connectivity index (χ4v) is 3.97. The molecule has 20 heavy (non-hydrogen) atoms. The Morgan fingerprint density at radius 1 is 0.900 bits per heavy atom. The van der Waals surface area contributed by atoms with Crippen LogP contribution in [0.1, 0.15) is 53.5 Å². The molecule has 2 unspecified atom stereocenters. The molecule has 1 heteroatoms. The maximum atomic E-state index is 3.70. The maximum absolute atomic E-state index is 3.70. The molecule has 1 heterocycles. The van der Waals surface area contributed by atoms with Crippen LogP contribution in [0.2, 0.25) is 0 Å². The molecular weight excluding hydrogens is 242 g/mol. The molecule has 1 aliphatic heterocycles. The van der Waals surface area contributed by atoms with E-state index in [0.717, 1.165) is 12.5 Å². The van der Waals surface area contributed by atoms with Gasteiger partial charge in [-0.05, 0) is 53.9 Å². The smallest absolute Gasteiger partial charge is 0.0332 e. The number of hydrogen-bond acceptors (Lipinski definition) is 1. The highest BCUT2D eigenvalue weighted by atomic mass is 14.9. The third-order valence-electron chi connectivity index (χ3n) is 4.98. The largest absolute Gasteiger partial charge is 0.306 e. The number of nitrogens with one attached hydrogen (secondary N) is 1. The fourth-order valence-electron chi connectivity index (χ4n) is 3.97. The number of fused-ring (bicyclic) bond motifs is 2. The van der Waals surface area contributed by atoms with Crippen molar-refractivity contribution in [3.8, 4) is 0 Å². The van der Waals surface area contributed by atoms with Crippen molar-refractivity contribution in [2.45, 2.75) is 44.2 Å². The van der Waals surface area contributed by atoms with Gasteiger partial charge in [0.15, 0.2) is 0 Å². The molecule has 0 fully saturated rings. The van der Waals surface area contributed by atoms with E-state index in [1.54, 1.807) is 11.1 Å². The Morgan fingerprint density at radius 2 is 1.65 bits per heavy atom. The summed E-state index contributed by atoms with van der Waals surface area (Å²) in [6, 6.07) is 18.5. The van der Waals surface area contributed by atoms with Gasteiger partial charge in [0, 0.05) is 12.6 Å². The van der Waals surface area contributed by atoms with Crippen LogP contribution in [0.25, 0.3) is 0 Å². The first-order chi connectivity index (χ1) is 9.92. The molecule has 2 atom stereocenters. The summed E-state index contributed by atoms with van der Waals surface area (Å²) in [5.41, 5.74) is 6.19. The van der Waals surface area contributed by atoms with Crippen molar-refractivity contribution in [2.24, 2.45) is 0 Å². The van der Waals surface area contributed by atoms with Gasteiger partial charge in [-0.15, -0.1) is 0 Å². The van der Waals surface area contributed by atoms with Gasteiger partial charge >= 0.3 is 0 Å². The lowest BCUT2D eigenvalue weighted by Gasteiger charge is -2.28. The predicted molar refractivity (Wildman–Crippen MR) is 82.8 cm³/mol. The third-order valence-corrected chi connectivity index (χ3v) is 4.98. The van der Waals surface area contributed by atoms with Gasteiger partial charge in [-0.1, -0.05) is 48.5 Å². The van der Waals surface area contributed by atoms with E-state index in [1.807, 2.05) is 0 Å². The quantitative estimate of drug-likeness (QED) is 0.850. The average Bonchev–Trinajstić information content (AvgIpc) is 2.91. The van der Waals surface area contributed by atoms with E-state index < -0.39 is 0 Å². The van der Waals surface area contributed by atoms with Crippen LogP contribution in [0.5, 0.6) is 0 Å². The average molecular weight is 263 g/mol. The zero-order valence-corrected chi connectivity index (χ0v) is 11.8. The van der Waals surface area contributed by atoms with Crippen molar-refractivity contribution in [3.05, 3.63) is 70.8 Å². The van der Waals surface area contributed by atoms with E-state index in [1.165, 1.54) is 36.8 Å². The minimum absolute atomic E-state index is 0.544. The second-order valence-electron chi connectivity index (χ2n) is 6.16. The molecule has 4 rings (SSSR count). The van der Waals surface area contributed by atoms with Crippen molar-refractivity contribution < 1.29 is 0 Å². The van der Waals surface area contributed by atoms with Gasteiger partial charge in [-0.2, -0.15) is 0 Å². The lowest BCUT2D eigenvalue weighted by molar-refractivity contribution is 0.439. The summed E-state index contributed by atoms with van der Waals surface area (Å²) >= 11 is 0. The first kappa shape index (κ1) is 12.2. The summed E-state index contributed by atoms with van der Waals surface area (Å²) in [5.74, 6) is 0.726. The van der Waals surface area contributed by atoms with Gasteiger partial charge in [-0.25, -0.2) is 0 Å². The molecule has 102 valence electrons. The highest BCUT2D eigenvalue weighted by Gasteiger charge is 2.27. The minimum atomic E-state index is 0.544. The van der Waals surface area contributed by atoms with Crippen LogP contribution in [-0.2, 0) is 13.0 Å². The summed E-state index contributed by atoms with van der Waals surface area (Å²) in [6.45, 7) is 1.04. The molecule has 0 saturated heterocycles. The monoisotopic (exact) mass is 263 g/mol. The maximum Gasteiger partial charge on any atom is 0.0332 e. The highest BCUT2D eigenvalue weighted by molar-refractivity contribution is 5.36. The van der Waals surface area contributed by atoms with Crippen LogP contribution < -0.4 is 5.32 Å². The number of benzene rings is 2. The lowest BCUT2D eigenvalue weighted by atomic mass is 9.79. The van der Waals surface area contributed by atoms with Gasteiger partial charge < -0.3 is 5.32 Å². The standard InChI is InChI=1S/C19H21N/c1-3-10-17-14(6-1)8-5-9-15(17)12-19-18-11-4-2-7-16(18)13-20-19/h1-4,6-7,10-11,15,19-20H,5,8-9,12-13H2. The Balaban J connectivity index is 1.59. The highest BCUT2D eigenvalue weighted by Crippen LogP contribution is 2.39. The van der Waals surface area contributed by atoms with E-state index in [9.17, 15) is 0 Å². The van der Waals surface area contributed by atoms with Gasteiger partial charge in [0.1, 0.15) is 0 Å². The van der Waals surface area contributed by atoms with Crippen molar-refractivity contribution >= 4 is 0 Å². The topological polar surface area (TPSA) is 12.0 Å². The van der Waals surface area contributed by atoms with Crippen LogP contribution in [-0.4, -0.2) is 0 Å². The Kier molecular flexibility index (Phi) is 3.08. The second-order valence-corrected chi connectivity index (χ2v) is 6.16. The number of hydrogen-bond donors (Lipinski definition) is 1. The Bertz CT molecular complexity index is 617. The molecule has 2 aliphatic rings. The SMILES string of the molecule is c1ccc2c(c1)CCCC2CC1NCc2ccccc21. The summed E-state index contributed by atoms with van der Waals surface area (Å²) in [7, 11) is 0. The summed E-state index contributed by atoms with van der Waals surface area (Å²) < 4.78 is 0. The van der Waals surface area contributed by atoms with Crippen molar-refractivity contribution in [2.75, 3.05) is 0 Å². The molecule has 1 aliphatic carbocycles. The number of rotatable bonds is 2. The van der Waals surface area contributed by atoms with E-state index in [2.05, 4.69) is 53.8 Å². The van der Waals surface area contributed by atoms with Gasteiger partial charge in [-0.3, -0.25) is 0 Å². The van der Waals surface area contributed by atoms with Crippen molar-refractivity contribution in [1.29, 1.82) is 0 Å². The summed E-state index contributed by atoms with van der Waals surface area (Å²) in [6.07, 6.45) is 5.20. The van der Waals surface area contributed by atoms with Gasteiger partial charge in [0.05, 0.1) is 0 Å². The van der Waals surface area contributed by atoms with Gasteiger partial charge in [0.2, 0.25) is 0 Å². The molecular formula is C19H21N. The first-order valence-corrected chi connectivity index (χ1v) is 7.81.